The molecule has 4 aromatic rings. The Labute approximate surface area is 142 Å². The Bertz CT molecular complexity index is 936. The molecule has 0 atom stereocenters. The van der Waals surface area contributed by atoms with Gasteiger partial charge in [0.1, 0.15) is 0 Å². The topological polar surface area (TPSA) is 4.93 Å². The fraction of sp³-hybridized carbons (Fsp3) is 0.0435. The molecule has 0 aliphatic heterocycles. The Hall–Kier alpha value is -3.06. The van der Waals surface area contributed by atoms with Crippen molar-refractivity contribution in [2.45, 2.75) is 6.92 Å². The van der Waals surface area contributed by atoms with Crippen molar-refractivity contribution in [2.24, 2.45) is 0 Å². The van der Waals surface area contributed by atoms with Crippen LogP contribution in [0, 0.1) is 6.92 Å². The van der Waals surface area contributed by atoms with Crippen LogP contribution in [0.2, 0.25) is 0 Å². The molecule has 0 aliphatic carbocycles. The largest absolute Gasteiger partial charge is 0.316 e. The van der Waals surface area contributed by atoms with Gasteiger partial charge in [-0.1, -0.05) is 78.9 Å². The van der Waals surface area contributed by atoms with Crippen LogP contribution in [0.5, 0.6) is 0 Å². The van der Waals surface area contributed by atoms with Crippen molar-refractivity contribution in [1.82, 2.24) is 4.57 Å². The smallest absolute Gasteiger partial charge is 0.0609 e. The quantitative estimate of drug-likeness (QED) is 0.429. The first-order valence-corrected chi connectivity index (χ1v) is 8.23. The first-order chi connectivity index (χ1) is 11.8. The molecule has 0 radical (unpaired) electrons. The molecule has 24 heavy (non-hydrogen) atoms. The van der Waals surface area contributed by atoms with Crippen LogP contribution in [-0.4, -0.2) is 4.57 Å². The minimum atomic E-state index is 1.18. The van der Waals surface area contributed by atoms with E-state index < -0.39 is 0 Å². The van der Waals surface area contributed by atoms with Crippen LogP contribution in [0.4, 0.5) is 0 Å². The SMILES string of the molecule is Cc1cn(-c2ccccc2)c(-c2ccccc2)c1-c1ccccc1. The van der Waals surface area contributed by atoms with Crippen molar-refractivity contribution in [3.8, 4) is 28.1 Å². The predicted octanol–water partition coefficient (Wildman–Crippen LogP) is 6.12. The first-order valence-electron chi connectivity index (χ1n) is 8.23. The van der Waals surface area contributed by atoms with Crippen molar-refractivity contribution in [3.05, 3.63) is 103 Å². The van der Waals surface area contributed by atoms with Gasteiger partial charge in [-0.2, -0.15) is 0 Å². The number of nitrogens with zero attached hydrogens (tertiary/aromatic N) is 1. The Balaban J connectivity index is 2.03. The molecule has 3 aromatic carbocycles. The first kappa shape index (κ1) is 14.5. The Morgan fingerprint density at radius 1 is 0.583 bits per heavy atom. The highest BCUT2D eigenvalue weighted by Crippen LogP contribution is 2.37. The molecule has 0 aliphatic rings. The Morgan fingerprint density at radius 3 is 1.67 bits per heavy atom. The van der Waals surface area contributed by atoms with Crippen LogP contribution >= 0.6 is 0 Å². The maximum absolute atomic E-state index is 2.30. The van der Waals surface area contributed by atoms with Crippen LogP contribution in [0.15, 0.2) is 97.2 Å². The van der Waals surface area contributed by atoms with Gasteiger partial charge >= 0.3 is 0 Å². The molecule has 0 spiro atoms. The average Bonchev–Trinajstić information content (AvgIpc) is 3.01. The fourth-order valence-corrected chi connectivity index (χ4v) is 3.27. The van der Waals surface area contributed by atoms with Crippen molar-refractivity contribution >= 4 is 0 Å². The number of hydrogen-bond donors (Lipinski definition) is 0. The highest BCUT2D eigenvalue weighted by molar-refractivity contribution is 5.85. The molecular formula is C23H19N. The van der Waals surface area contributed by atoms with E-state index in [0.29, 0.717) is 0 Å². The van der Waals surface area contributed by atoms with Gasteiger partial charge in [-0.15, -0.1) is 0 Å². The molecule has 0 saturated heterocycles. The van der Waals surface area contributed by atoms with Crippen molar-refractivity contribution < 1.29 is 0 Å². The molecule has 0 bridgehead atoms. The number of benzene rings is 3. The van der Waals surface area contributed by atoms with Gasteiger partial charge in [0, 0.05) is 17.4 Å². The van der Waals surface area contributed by atoms with Gasteiger partial charge in [-0.05, 0) is 35.7 Å². The highest BCUT2D eigenvalue weighted by atomic mass is 15.0. The lowest BCUT2D eigenvalue weighted by atomic mass is 9.98. The Morgan fingerprint density at radius 2 is 1.08 bits per heavy atom. The predicted molar refractivity (Wildman–Crippen MR) is 101 cm³/mol. The fourth-order valence-electron chi connectivity index (χ4n) is 3.27. The summed E-state index contributed by atoms with van der Waals surface area (Å²) < 4.78 is 2.30. The monoisotopic (exact) mass is 309 g/mol. The zero-order valence-corrected chi connectivity index (χ0v) is 13.7. The molecule has 1 heteroatoms. The van der Waals surface area contributed by atoms with Gasteiger partial charge in [0.25, 0.3) is 0 Å². The van der Waals surface area contributed by atoms with Crippen LogP contribution in [-0.2, 0) is 0 Å². The second-order valence-corrected chi connectivity index (χ2v) is 5.97. The third-order valence-corrected chi connectivity index (χ3v) is 4.34. The lowest BCUT2D eigenvalue weighted by Gasteiger charge is -2.12. The zero-order chi connectivity index (χ0) is 16.4. The van der Waals surface area contributed by atoms with Gasteiger partial charge in [-0.25, -0.2) is 0 Å². The molecule has 1 heterocycles. The van der Waals surface area contributed by atoms with Gasteiger partial charge in [-0.3, -0.25) is 0 Å². The lowest BCUT2D eigenvalue weighted by Crippen LogP contribution is -1.95. The molecule has 0 unspecified atom stereocenters. The summed E-state index contributed by atoms with van der Waals surface area (Å²) >= 11 is 0. The van der Waals surface area contributed by atoms with E-state index in [-0.39, 0.29) is 0 Å². The normalized spacial score (nSPS) is 10.7. The molecule has 0 amide bonds. The third-order valence-electron chi connectivity index (χ3n) is 4.34. The molecule has 0 saturated carbocycles. The highest BCUT2D eigenvalue weighted by Gasteiger charge is 2.17. The maximum atomic E-state index is 2.30. The molecule has 0 N–H and O–H groups in total. The van der Waals surface area contributed by atoms with Crippen LogP contribution in [0.1, 0.15) is 5.56 Å². The van der Waals surface area contributed by atoms with Gasteiger partial charge in [0.2, 0.25) is 0 Å². The maximum Gasteiger partial charge on any atom is 0.0609 e. The zero-order valence-electron chi connectivity index (χ0n) is 13.7. The van der Waals surface area contributed by atoms with Crippen molar-refractivity contribution in [3.63, 3.8) is 0 Å². The lowest BCUT2D eigenvalue weighted by molar-refractivity contribution is 1.08. The summed E-state index contributed by atoms with van der Waals surface area (Å²) in [6.07, 6.45) is 2.24. The summed E-state index contributed by atoms with van der Waals surface area (Å²) in [5, 5.41) is 0. The van der Waals surface area contributed by atoms with E-state index in [1.54, 1.807) is 0 Å². The minimum absolute atomic E-state index is 1.18. The van der Waals surface area contributed by atoms with E-state index in [1.807, 2.05) is 0 Å². The van der Waals surface area contributed by atoms with E-state index in [1.165, 1.54) is 33.6 Å². The summed E-state index contributed by atoms with van der Waals surface area (Å²) in [5.74, 6) is 0. The van der Waals surface area contributed by atoms with E-state index >= 15 is 0 Å². The van der Waals surface area contributed by atoms with Crippen LogP contribution in [0.3, 0.4) is 0 Å². The second kappa shape index (κ2) is 6.21. The van der Waals surface area contributed by atoms with E-state index in [9.17, 15) is 0 Å². The van der Waals surface area contributed by atoms with Crippen LogP contribution in [0.25, 0.3) is 28.1 Å². The van der Waals surface area contributed by atoms with Gasteiger partial charge in [0.05, 0.1) is 5.69 Å². The number of hydrogen-bond acceptors (Lipinski definition) is 0. The molecule has 4 rings (SSSR count). The number of aryl methyl sites for hydroxylation is 1. The van der Waals surface area contributed by atoms with Crippen LogP contribution < -0.4 is 0 Å². The number of rotatable bonds is 3. The molecule has 0 fully saturated rings. The van der Waals surface area contributed by atoms with E-state index in [0.717, 1.165) is 0 Å². The van der Waals surface area contributed by atoms with Gasteiger partial charge in [0.15, 0.2) is 0 Å². The Kier molecular flexibility index (Phi) is 3.76. The number of para-hydroxylation sites is 1. The van der Waals surface area contributed by atoms with Gasteiger partial charge < -0.3 is 4.57 Å². The third kappa shape index (κ3) is 2.55. The molecule has 1 aromatic heterocycles. The second-order valence-electron chi connectivity index (χ2n) is 5.97. The summed E-state index contributed by atoms with van der Waals surface area (Å²) in [5.41, 5.74) is 7.48. The summed E-state index contributed by atoms with van der Waals surface area (Å²) in [6.45, 7) is 2.19. The van der Waals surface area contributed by atoms with E-state index in [2.05, 4.69) is 109 Å². The molecule has 116 valence electrons. The average molecular weight is 309 g/mol. The summed E-state index contributed by atoms with van der Waals surface area (Å²) in [7, 11) is 0. The minimum Gasteiger partial charge on any atom is -0.316 e. The van der Waals surface area contributed by atoms with Crippen molar-refractivity contribution in [2.75, 3.05) is 0 Å². The summed E-state index contributed by atoms with van der Waals surface area (Å²) in [4.78, 5) is 0. The number of aromatic nitrogens is 1. The molecular weight excluding hydrogens is 290 g/mol. The van der Waals surface area contributed by atoms with Crippen molar-refractivity contribution in [1.29, 1.82) is 0 Å². The summed E-state index contributed by atoms with van der Waals surface area (Å²) in [6, 6.07) is 31.8. The standard InChI is InChI=1S/C23H19N/c1-18-17-24(21-15-9-4-10-16-21)23(20-13-7-3-8-14-20)22(18)19-11-5-2-6-12-19/h2-17H,1H3. The van der Waals surface area contributed by atoms with E-state index in [4.69, 9.17) is 0 Å². The molecule has 1 nitrogen and oxygen atoms in total.